The Morgan fingerprint density at radius 2 is 1.96 bits per heavy atom. The minimum Gasteiger partial charge on any atom is -0.466 e. The van der Waals surface area contributed by atoms with Crippen molar-refractivity contribution in [3.63, 3.8) is 0 Å². The van der Waals surface area contributed by atoms with Crippen LogP contribution in [-0.4, -0.2) is 17.6 Å². The van der Waals surface area contributed by atoms with Gasteiger partial charge >= 0.3 is 5.97 Å². The molecule has 3 aromatic rings. The predicted octanol–water partition coefficient (Wildman–Crippen LogP) is 5.80. The van der Waals surface area contributed by atoms with Crippen LogP contribution in [0, 0.1) is 5.92 Å². The molecule has 0 fully saturated rings. The summed E-state index contributed by atoms with van der Waals surface area (Å²) < 4.78 is 5.08. The number of halogens is 1. The second-order valence-corrected chi connectivity index (χ2v) is 6.95. The Kier molecular flexibility index (Phi) is 6.25. The van der Waals surface area contributed by atoms with Crippen molar-refractivity contribution in [2.75, 3.05) is 6.61 Å². The number of carbonyl (C=O) groups excluding carboxylic acids is 1. The first-order valence-corrected chi connectivity index (χ1v) is 9.43. The molecule has 2 aromatic carbocycles. The average Bonchev–Trinajstić information content (AvgIpc) is 2.66. The van der Waals surface area contributed by atoms with E-state index in [1.165, 1.54) is 0 Å². The molecule has 1 heterocycles. The fourth-order valence-electron chi connectivity index (χ4n) is 2.93. The number of hydrogen-bond donors (Lipinski definition) is 0. The summed E-state index contributed by atoms with van der Waals surface area (Å²) in [6.07, 6.45) is 4.67. The third kappa shape index (κ3) is 5.18. The molecule has 3 rings (SSSR count). The highest BCUT2D eigenvalue weighted by Crippen LogP contribution is 2.19. The van der Waals surface area contributed by atoms with Crippen LogP contribution in [0.25, 0.3) is 23.1 Å². The van der Waals surface area contributed by atoms with Gasteiger partial charge in [0.05, 0.1) is 23.7 Å². The summed E-state index contributed by atoms with van der Waals surface area (Å²) in [5.41, 5.74) is 3.92. The van der Waals surface area contributed by atoms with Gasteiger partial charge in [0.1, 0.15) is 0 Å². The molecule has 0 spiro atoms. The number of carbonyl (C=O) groups is 1. The molecular formula is C23H22ClNO2. The van der Waals surface area contributed by atoms with Gasteiger partial charge in [-0.05, 0) is 48.7 Å². The van der Waals surface area contributed by atoms with Crippen LogP contribution in [0.15, 0.2) is 54.6 Å². The molecule has 0 aliphatic rings. The maximum atomic E-state index is 11.8. The van der Waals surface area contributed by atoms with Crippen LogP contribution in [0.5, 0.6) is 0 Å². The Morgan fingerprint density at radius 1 is 1.15 bits per heavy atom. The molecule has 3 nitrogen and oxygen atoms in total. The van der Waals surface area contributed by atoms with E-state index in [1.54, 1.807) is 0 Å². The van der Waals surface area contributed by atoms with Crippen LogP contribution in [0.3, 0.4) is 0 Å². The molecule has 0 saturated heterocycles. The lowest BCUT2D eigenvalue weighted by molar-refractivity contribution is -0.147. The van der Waals surface area contributed by atoms with E-state index in [4.69, 9.17) is 16.3 Å². The summed E-state index contributed by atoms with van der Waals surface area (Å²) in [6, 6.07) is 17.9. The molecule has 4 heteroatoms. The first kappa shape index (κ1) is 19.1. The third-order valence-electron chi connectivity index (χ3n) is 4.30. The highest BCUT2D eigenvalue weighted by molar-refractivity contribution is 6.31. The zero-order chi connectivity index (χ0) is 19.2. The second kappa shape index (κ2) is 8.83. The van der Waals surface area contributed by atoms with Crippen LogP contribution in [-0.2, 0) is 16.0 Å². The van der Waals surface area contributed by atoms with Crippen LogP contribution < -0.4 is 0 Å². The van der Waals surface area contributed by atoms with Gasteiger partial charge in [0, 0.05) is 10.4 Å². The summed E-state index contributed by atoms with van der Waals surface area (Å²) in [5, 5.41) is 1.74. The molecule has 0 bridgehead atoms. The molecule has 0 saturated carbocycles. The molecule has 0 radical (unpaired) electrons. The van der Waals surface area contributed by atoms with Gasteiger partial charge in [0.15, 0.2) is 0 Å². The van der Waals surface area contributed by atoms with Gasteiger partial charge in [0.2, 0.25) is 0 Å². The normalized spacial score (nSPS) is 12.4. The number of rotatable bonds is 6. The number of hydrogen-bond acceptors (Lipinski definition) is 3. The molecule has 1 aromatic heterocycles. The van der Waals surface area contributed by atoms with Crippen molar-refractivity contribution in [2.24, 2.45) is 5.92 Å². The molecule has 1 unspecified atom stereocenters. The van der Waals surface area contributed by atoms with Crippen molar-refractivity contribution in [3.05, 3.63) is 76.4 Å². The molecular weight excluding hydrogens is 358 g/mol. The second-order valence-electron chi connectivity index (χ2n) is 6.51. The van der Waals surface area contributed by atoms with E-state index in [9.17, 15) is 4.79 Å². The first-order valence-electron chi connectivity index (χ1n) is 9.05. The summed E-state index contributed by atoms with van der Waals surface area (Å²) >= 11 is 6.05. The lowest BCUT2D eigenvalue weighted by Gasteiger charge is -2.10. The van der Waals surface area contributed by atoms with Crippen molar-refractivity contribution in [2.45, 2.75) is 20.3 Å². The monoisotopic (exact) mass is 379 g/mol. The maximum absolute atomic E-state index is 11.8. The van der Waals surface area contributed by atoms with E-state index in [-0.39, 0.29) is 11.9 Å². The minimum atomic E-state index is -0.156. The lowest BCUT2D eigenvalue weighted by atomic mass is 9.99. The highest BCUT2D eigenvalue weighted by atomic mass is 35.5. The van der Waals surface area contributed by atoms with E-state index in [0.29, 0.717) is 18.1 Å². The number of pyridine rings is 1. The Balaban J connectivity index is 1.74. The van der Waals surface area contributed by atoms with Crippen molar-refractivity contribution in [1.82, 2.24) is 4.98 Å². The van der Waals surface area contributed by atoms with E-state index in [1.807, 2.05) is 74.5 Å². The number of aromatic nitrogens is 1. The zero-order valence-electron chi connectivity index (χ0n) is 15.5. The Hall–Kier alpha value is -2.65. The van der Waals surface area contributed by atoms with E-state index in [2.05, 4.69) is 11.1 Å². The molecule has 1 atom stereocenters. The molecule has 0 aliphatic carbocycles. The number of esters is 1. The SMILES string of the molecule is CCOC(=O)C(C)Cc1cccc(C=Cc2ccc3ccc(Cl)cc3n2)c1. The lowest BCUT2D eigenvalue weighted by Crippen LogP contribution is -2.16. The highest BCUT2D eigenvalue weighted by Gasteiger charge is 2.14. The van der Waals surface area contributed by atoms with Crippen LogP contribution in [0.1, 0.15) is 30.7 Å². The number of benzene rings is 2. The molecule has 27 heavy (non-hydrogen) atoms. The van der Waals surface area contributed by atoms with Gasteiger partial charge in [-0.1, -0.05) is 61.0 Å². The van der Waals surface area contributed by atoms with E-state index in [0.717, 1.165) is 27.7 Å². The van der Waals surface area contributed by atoms with Crippen molar-refractivity contribution >= 4 is 40.6 Å². The zero-order valence-corrected chi connectivity index (χ0v) is 16.2. The molecule has 0 aliphatic heterocycles. The van der Waals surface area contributed by atoms with Crippen molar-refractivity contribution < 1.29 is 9.53 Å². The summed E-state index contributed by atoms with van der Waals surface area (Å²) in [6.45, 7) is 4.13. The van der Waals surface area contributed by atoms with Crippen LogP contribution in [0.4, 0.5) is 0 Å². The average molecular weight is 380 g/mol. The topological polar surface area (TPSA) is 39.2 Å². The summed E-state index contributed by atoms with van der Waals surface area (Å²) in [5.74, 6) is -0.312. The van der Waals surface area contributed by atoms with Crippen LogP contribution >= 0.6 is 11.6 Å². The van der Waals surface area contributed by atoms with Gasteiger partial charge in [-0.15, -0.1) is 0 Å². The largest absolute Gasteiger partial charge is 0.466 e. The molecule has 138 valence electrons. The summed E-state index contributed by atoms with van der Waals surface area (Å²) in [4.78, 5) is 16.5. The van der Waals surface area contributed by atoms with Gasteiger partial charge in [-0.2, -0.15) is 0 Å². The van der Waals surface area contributed by atoms with Crippen molar-refractivity contribution in [3.8, 4) is 0 Å². The number of ether oxygens (including phenoxy) is 1. The number of nitrogens with zero attached hydrogens (tertiary/aromatic N) is 1. The Bertz CT molecular complexity index is 981. The fraction of sp³-hybridized carbons (Fsp3) is 0.217. The smallest absolute Gasteiger partial charge is 0.308 e. The predicted molar refractivity (Wildman–Crippen MR) is 112 cm³/mol. The van der Waals surface area contributed by atoms with Gasteiger partial charge in [0.25, 0.3) is 0 Å². The molecule has 0 N–H and O–H groups in total. The fourth-order valence-corrected chi connectivity index (χ4v) is 3.09. The quantitative estimate of drug-likeness (QED) is 0.508. The Morgan fingerprint density at radius 3 is 2.78 bits per heavy atom. The van der Waals surface area contributed by atoms with Gasteiger partial charge < -0.3 is 4.74 Å². The first-order chi connectivity index (χ1) is 13.0. The van der Waals surface area contributed by atoms with E-state index < -0.39 is 0 Å². The summed E-state index contributed by atoms with van der Waals surface area (Å²) in [7, 11) is 0. The van der Waals surface area contributed by atoms with Crippen LogP contribution in [0.2, 0.25) is 5.02 Å². The number of fused-ring (bicyclic) bond motifs is 1. The van der Waals surface area contributed by atoms with Gasteiger partial charge in [-0.25, -0.2) is 4.98 Å². The Labute approximate surface area is 164 Å². The van der Waals surface area contributed by atoms with E-state index >= 15 is 0 Å². The minimum absolute atomic E-state index is 0.155. The maximum Gasteiger partial charge on any atom is 0.308 e. The molecule has 0 amide bonds. The van der Waals surface area contributed by atoms with Crippen molar-refractivity contribution in [1.29, 1.82) is 0 Å². The standard InChI is InChI=1S/C23H22ClNO2/c1-3-27-23(26)16(2)13-18-6-4-5-17(14-18)7-11-21-12-9-19-8-10-20(24)15-22(19)25-21/h4-12,14-16H,3,13H2,1-2H3. The third-order valence-corrected chi connectivity index (χ3v) is 4.54. The van der Waals surface area contributed by atoms with Gasteiger partial charge in [-0.3, -0.25) is 4.79 Å².